The van der Waals surface area contributed by atoms with Gasteiger partial charge in [-0.25, -0.2) is 15.0 Å². The van der Waals surface area contributed by atoms with Crippen LogP contribution in [-0.2, 0) is 6.18 Å². The van der Waals surface area contributed by atoms with Crippen LogP contribution in [-0.4, -0.2) is 51.1 Å². The van der Waals surface area contributed by atoms with Crippen LogP contribution in [0.25, 0.3) is 0 Å². The number of aryl methyl sites for hydroxylation is 1. The molecular formula is C20H19F6N7O2S. The number of anilines is 3. The highest BCUT2D eigenvalue weighted by molar-refractivity contribution is 7.10. The number of nitrogens with one attached hydrogen (secondary N) is 3. The molecule has 3 rings (SSSR count). The minimum Gasteiger partial charge on any atom is -0.478 e. The molecule has 1 amide bonds. The molecule has 0 spiro atoms. The first kappa shape index (κ1) is 27.1. The maximum atomic E-state index is 12.8. The van der Waals surface area contributed by atoms with Gasteiger partial charge in [-0.1, -0.05) is 0 Å². The van der Waals surface area contributed by atoms with E-state index in [0.717, 1.165) is 17.7 Å². The van der Waals surface area contributed by atoms with E-state index in [4.69, 9.17) is 4.74 Å². The zero-order chi connectivity index (χ0) is 26.3. The van der Waals surface area contributed by atoms with E-state index in [-0.39, 0.29) is 35.4 Å². The van der Waals surface area contributed by atoms with E-state index >= 15 is 0 Å². The highest BCUT2D eigenvalue weighted by atomic mass is 32.1. The molecule has 3 N–H and O–H groups in total. The highest BCUT2D eigenvalue weighted by Crippen LogP contribution is 2.30. The lowest BCUT2D eigenvalue weighted by Gasteiger charge is -2.10. The molecule has 3 aromatic rings. The molecule has 0 saturated carbocycles. The van der Waals surface area contributed by atoms with Crippen LogP contribution in [0, 0.1) is 6.92 Å². The molecule has 16 heteroatoms. The lowest BCUT2D eigenvalue weighted by Crippen LogP contribution is -2.30. The molecule has 0 radical (unpaired) electrons. The first-order chi connectivity index (χ1) is 16.9. The van der Waals surface area contributed by atoms with E-state index in [1.165, 1.54) is 18.3 Å². The molecule has 0 aliphatic rings. The Balaban J connectivity index is 1.54. The Labute approximate surface area is 204 Å². The molecular weight excluding hydrogens is 516 g/mol. The number of hydrogen-bond donors (Lipinski definition) is 3. The summed E-state index contributed by atoms with van der Waals surface area (Å²) >= 11 is 0.923. The number of aromatic nitrogens is 4. The molecule has 36 heavy (non-hydrogen) atoms. The number of rotatable bonds is 10. The van der Waals surface area contributed by atoms with Gasteiger partial charge in [0.15, 0.2) is 5.69 Å². The van der Waals surface area contributed by atoms with Crippen molar-refractivity contribution in [2.75, 3.05) is 30.3 Å². The second-order valence-electron chi connectivity index (χ2n) is 7.21. The number of halogens is 6. The second-order valence-corrected chi connectivity index (χ2v) is 7.99. The molecule has 3 heterocycles. The Hall–Kier alpha value is -3.53. The molecule has 0 aromatic carbocycles. The van der Waals surface area contributed by atoms with Crippen LogP contribution in [0.1, 0.15) is 28.2 Å². The monoisotopic (exact) mass is 535 g/mol. The molecule has 0 unspecified atom stereocenters. The quantitative estimate of drug-likeness (QED) is 0.256. The van der Waals surface area contributed by atoms with E-state index in [9.17, 15) is 31.1 Å². The van der Waals surface area contributed by atoms with Crippen molar-refractivity contribution in [3.8, 4) is 5.88 Å². The largest absolute Gasteiger partial charge is 0.478 e. The van der Waals surface area contributed by atoms with Gasteiger partial charge in [0.25, 0.3) is 5.91 Å². The SMILES string of the molecule is Cc1nsc(Nc2cnc(C(F)(F)F)cn2)c1C(=O)Nc1ccc(OCCCNCC(F)(F)F)nc1. The smallest absolute Gasteiger partial charge is 0.434 e. The Morgan fingerprint density at radius 3 is 2.44 bits per heavy atom. The average Bonchev–Trinajstić information content (AvgIpc) is 3.16. The normalized spacial score (nSPS) is 11.9. The first-order valence-corrected chi connectivity index (χ1v) is 11.0. The van der Waals surface area contributed by atoms with E-state index in [1.807, 2.05) is 0 Å². The zero-order valence-electron chi connectivity index (χ0n) is 18.5. The molecule has 0 aliphatic heterocycles. The summed E-state index contributed by atoms with van der Waals surface area (Å²) in [6.45, 7) is 0.781. The van der Waals surface area contributed by atoms with Crippen LogP contribution >= 0.6 is 11.5 Å². The van der Waals surface area contributed by atoms with Gasteiger partial charge in [-0.15, -0.1) is 0 Å². The fourth-order valence-corrected chi connectivity index (χ4v) is 3.52. The molecule has 0 fully saturated rings. The lowest BCUT2D eigenvalue weighted by atomic mass is 10.2. The summed E-state index contributed by atoms with van der Waals surface area (Å²) in [5.74, 6) is -0.326. The third kappa shape index (κ3) is 8.01. The van der Waals surface area contributed by atoms with E-state index in [1.54, 1.807) is 6.92 Å². The molecule has 3 aromatic heterocycles. The van der Waals surface area contributed by atoms with Crippen molar-refractivity contribution >= 4 is 33.9 Å². The zero-order valence-corrected chi connectivity index (χ0v) is 19.3. The Morgan fingerprint density at radius 1 is 1.06 bits per heavy atom. The second kappa shape index (κ2) is 11.5. The Bertz CT molecular complexity index is 1150. The standard InChI is InChI=1S/C20H19F6N7O2S/c1-11-16(18(36-33-11)32-14-9-28-13(8-29-14)20(24,25)26)17(34)31-12-3-4-15(30-7-12)35-6-2-5-27-10-19(21,22)23/h3-4,7-9,27H,2,5-6,10H2,1H3,(H,29,32)(H,31,34). The molecule has 0 aliphatic carbocycles. The number of alkyl halides is 6. The molecule has 194 valence electrons. The predicted molar refractivity (Wildman–Crippen MR) is 118 cm³/mol. The van der Waals surface area contributed by atoms with E-state index in [2.05, 4.69) is 35.3 Å². The van der Waals surface area contributed by atoms with Gasteiger partial charge in [0.2, 0.25) is 5.88 Å². The van der Waals surface area contributed by atoms with Crippen molar-refractivity contribution in [1.29, 1.82) is 0 Å². The topological polar surface area (TPSA) is 114 Å². The summed E-state index contributed by atoms with van der Waals surface area (Å²) in [5.41, 5.74) is -0.282. The van der Waals surface area contributed by atoms with Crippen LogP contribution in [0.5, 0.6) is 5.88 Å². The van der Waals surface area contributed by atoms with Gasteiger partial charge in [-0.2, -0.15) is 30.7 Å². The van der Waals surface area contributed by atoms with Gasteiger partial charge in [0.1, 0.15) is 10.8 Å². The van der Waals surface area contributed by atoms with Crippen molar-refractivity contribution < 1.29 is 35.9 Å². The van der Waals surface area contributed by atoms with Gasteiger partial charge in [0.05, 0.1) is 48.7 Å². The van der Waals surface area contributed by atoms with Crippen LogP contribution in [0.4, 0.5) is 42.8 Å². The number of amides is 1. The van der Waals surface area contributed by atoms with E-state index in [0.29, 0.717) is 24.0 Å². The molecule has 0 atom stereocenters. The van der Waals surface area contributed by atoms with Crippen LogP contribution < -0.4 is 20.7 Å². The summed E-state index contributed by atoms with van der Waals surface area (Å²) in [6.07, 6.45) is -5.76. The highest BCUT2D eigenvalue weighted by Gasteiger charge is 2.33. The summed E-state index contributed by atoms with van der Waals surface area (Å²) in [5, 5.41) is 7.89. The molecule has 9 nitrogen and oxygen atoms in total. The number of ether oxygens (including phenoxy) is 1. The number of carbonyl (C=O) groups excluding carboxylic acids is 1. The minimum absolute atomic E-state index is 0.00234. The van der Waals surface area contributed by atoms with Crippen molar-refractivity contribution in [1.82, 2.24) is 24.6 Å². The van der Waals surface area contributed by atoms with Crippen molar-refractivity contribution in [3.05, 3.63) is 47.7 Å². The fraction of sp³-hybridized carbons (Fsp3) is 0.350. The number of pyridine rings is 1. The third-order valence-electron chi connectivity index (χ3n) is 4.34. The summed E-state index contributed by atoms with van der Waals surface area (Å²) in [4.78, 5) is 23.8. The maximum Gasteiger partial charge on any atom is 0.434 e. The van der Waals surface area contributed by atoms with Crippen molar-refractivity contribution in [3.63, 3.8) is 0 Å². The van der Waals surface area contributed by atoms with Gasteiger partial charge < -0.3 is 20.7 Å². The van der Waals surface area contributed by atoms with Crippen molar-refractivity contribution in [2.45, 2.75) is 25.7 Å². The Kier molecular flexibility index (Phi) is 8.62. The fourth-order valence-electron chi connectivity index (χ4n) is 2.71. The lowest BCUT2D eigenvalue weighted by molar-refractivity contribution is -0.141. The number of carbonyl (C=O) groups is 1. The Morgan fingerprint density at radius 2 is 1.83 bits per heavy atom. The summed E-state index contributed by atoms with van der Waals surface area (Å²) in [7, 11) is 0. The maximum absolute atomic E-state index is 12.8. The van der Waals surface area contributed by atoms with Crippen LogP contribution in [0.2, 0.25) is 0 Å². The van der Waals surface area contributed by atoms with Gasteiger partial charge in [0, 0.05) is 6.07 Å². The van der Waals surface area contributed by atoms with Gasteiger partial charge in [-0.05, 0) is 37.5 Å². The minimum atomic E-state index is -4.62. The first-order valence-electron chi connectivity index (χ1n) is 10.2. The number of nitrogens with zero attached hydrogens (tertiary/aromatic N) is 4. The van der Waals surface area contributed by atoms with Crippen molar-refractivity contribution in [2.24, 2.45) is 0 Å². The summed E-state index contributed by atoms with van der Waals surface area (Å²) in [6, 6.07) is 3.00. The van der Waals surface area contributed by atoms with Crippen LogP contribution in [0.3, 0.4) is 0 Å². The molecule has 0 bridgehead atoms. The average molecular weight is 535 g/mol. The molecule has 0 saturated heterocycles. The summed E-state index contributed by atoms with van der Waals surface area (Å²) < 4.78 is 83.6. The van der Waals surface area contributed by atoms with Gasteiger partial charge in [-0.3, -0.25) is 4.79 Å². The van der Waals surface area contributed by atoms with Gasteiger partial charge >= 0.3 is 12.4 Å². The number of hydrogen-bond acceptors (Lipinski definition) is 9. The van der Waals surface area contributed by atoms with E-state index < -0.39 is 30.5 Å². The third-order valence-corrected chi connectivity index (χ3v) is 5.20. The predicted octanol–water partition coefficient (Wildman–Crippen LogP) is 4.57. The van der Waals surface area contributed by atoms with Crippen LogP contribution in [0.15, 0.2) is 30.7 Å².